The van der Waals surface area contributed by atoms with Crippen molar-refractivity contribution in [2.45, 2.75) is 13.0 Å². The number of aromatic nitrogens is 1. The van der Waals surface area contributed by atoms with E-state index in [0.29, 0.717) is 16.8 Å². The van der Waals surface area contributed by atoms with Crippen LogP contribution >= 0.6 is 15.9 Å². The lowest BCUT2D eigenvalue weighted by Crippen LogP contribution is -2.07. The van der Waals surface area contributed by atoms with Gasteiger partial charge in [0, 0.05) is 12.6 Å². The molecule has 0 saturated carbocycles. The van der Waals surface area contributed by atoms with Gasteiger partial charge in [-0.15, -0.1) is 0 Å². The Kier molecular flexibility index (Phi) is 5.24. The highest BCUT2D eigenvalue weighted by molar-refractivity contribution is 9.10. The SMILES string of the molecule is O=[N+]([O-])c1cnc(NCCc2ccc(CO)cc2)c(Br)c1. The van der Waals surface area contributed by atoms with Gasteiger partial charge in [0.15, 0.2) is 0 Å². The van der Waals surface area contributed by atoms with E-state index in [-0.39, 0.29) is 12.3 Å². The Hall–Kier alpha value is -1.99. The minimum absolute atomic E-state index is 0.0399. The lowest BCUT2D eigenvalue weighted by molar-refractivity contribution is -0.385. The maximum Gasteiger partial charge on any atom is 0.288 e. The van der Waals surface area contributed by atoms with E-state index >= 15 is 0 Å². The van der Waals surface area contributed by atoms with Crippen LogP contribution in [0.4, 0.5) is 11.5 Å². The van der Waals surface area contributed by atoms with Crippen molar-refractivity contribution in [2.24, 2.45) is 0 Å². The minimum Gasteiger partial charge on any atom is -0.392 e. The third-order valence-corrected chi connectivity index (χ3v) is 3.55. The Bertz CT molecular complexity index is 632. The summed E-state index contributed by atoms with van der Waals surface area (Å²) in [4.78, 5) is 14.2. The van der Waals surface area contributed by atoms with E-state index < -0.39 is 4.92 Å². The number of hydrogen-bond donors (Lipinski definition) is 2. The van der Waals surface area contributed by atoms with Gasteiger partial charge >= 0.3 is 0 Å². The number of benzene rings is 1. The van der Waals surface area contributed by atoms with Crippen molar-refractivity contribution in [3.8, 4) is 0 Å². The number of aliphatic hydroxyl groups excluding tert-OH is 1. The summed E-state index contributed by atoms with van der Waals surface area (Å²) in [5.41, 5.74) is 1.97. The zero-order valence-electron chi connectivity index (χ0n) is 11.1. The van der Waals surface area contributed by atoms with Crippen LogP contribution in [-0.4, -0.2) is 21.6 Å². The van der Waals surface area contributed by atoms with E-state index in [4.69, 9.17) is 5.11 Å². The van der Waals surface area contributed by atoms with Crippen molar-refractivity contribution in [3.63, 3.8) is 0 Å². The van der Waals surface area contributed by atoms with Gasteiger partial charge in [-0.1, -0.05) is 24.3 Å². The van der Waals surface area contributed by atoms with E-state index in [0.717, 1.165) is 17.5 Å². The van der Waals surface area contributed by atoms with Crippen LogP contribution in [0.5, 0.6) is 0 Å². The van der Waals surface area contributed by atoms with Gasteiger partial charge in [-0.05, 0) is 33.5 Å². The van der Waals surface area contributed by atoms with Gasteiger partial charge < -0.3 is 10.4 Å². The summed E-state index contributed by atoms with van der Waals surface area (Å²) >= 11 is 3.26. The first-order valence-electron chi connectivity index (χ1n) is 6.32. The third-order valence-electron chi connectivity index (χ3n) is 2.95. The molecule has 0 unspecified atom stereocenters. The van der Waals surface area contributed by atoms with Gasteiger partial charge in [-0.3, -0.25) is 10.1 Å². The number of nitrogens with zero attached hydrogens (tertiary/aromatic N) is 2. The minimum atomic E-state index is -0.482. The number of pyridine rings is 1. The fraction of sp³-hybridized carbons (Fsp3) is 0.214. The highest BCUT2D eigenvalue weighted by atomic mass is 79.9. The number of aliphatic hydroxyl groups is 1. The van der Waals surface area contributed by atoms with Gasteiger partial charge in [0.1, 0.15) is 12.0 Å². The molecule has 0 bridgehead atoms. The van der Waals surface area contributed by atoms with Crippen LogP contribution in [0, 0.1) is 10.1 Å². The Balaban J connectivity index is 1.92. The fourth-order valence-electron chi connectivity index (χ4n) is 1.79. The van der Waals surface area contributed by atoms with E-state index in [1.54, 1.807) is 0 Å². The average molecular weight is 352 g/mol. The van der Waals surface area contributed by atoms with Crippen LogP contribution in [0.3, 0.4) is 0 Å². The molecule has 6 nitrogen and oxygen atoms in total. The van der Waals surface area contributed by atoms with Crippen LogP contribution < -0.4 is 5.32 Å². The monoisotopic (exact) mass is 351 g/mol. The van der Waals surface area contributed by atoms with Gasteiger partial charge in [-0.25, -0.2) is 4.98 Å². The van der Waals surface area contributed by atoms with E-state index in [1.165, 1.54) is 12.3 Å². The van der Waals surface area contributed by atoms with Crippen LogP contribution in [0.2, 0.25) is 0 Å². The second kappa shape index (κ2) is 7.14. The molecule has 7 heteroatoms. The molecule has 0 atom stereocenters. The zero-order valence-corrected chi connectivity index (χ0v) is 12.7. The van der Waals surface area contributed by atoms with Crippen molar-refractivity contribution >= 4 is 27.4 Å². The summed E-state index contributed by atoms with van der Waals surface area (Å²) in [6.07, 6.45) is 2.01. The maximum absolute atomic E-state index is 10.6. The first-order valence-corrected chi connectivity index (χ1v) is 7.12. The Morgan fingerprint density at radius 1 is 1.29 bits per heavy atom. The standard InChI is InChI=1S/C14H14BrN3O3/c15-13-7-12(18(20)21)8-17-14(13)16-6-5-10-1-3-11(9-19)4-2-10/h1-4,7-8,19H,5-6,9H2,(H,16,17). The predicted molar refractivity (Wildman–Crippen MR) is 83.1 cm³/mol. The molecule has 110 valence electrons. The number of nitro groups is 1. The molecule has 0 radical (unpaired) electrons. The summed E-state index contributed by atoms with van der Waals surface area (Å²) < 4.78 is 0.562. The van der Waals surface area contributed by atoms with Crippen molar-refractivity contribution in [1.82, 2.24) is 4.98 Å². The number of anilines is 1. The predicted octanol–water partition coefficient (Wildman–Crippen LogP) is 2.90. The van der Waals surface area contributed by atoms with Crippen LogP contribution in [0.25, 0.3) is 0 Å². The van der Waals surface area contributed by atoms with Crippen molar-refractivity contribution in [1.29, 1.82) is 0 Å². The van der Waals surface area contributed by atoms with Gasteiger partial charge in [0.2, 0.25) is 0 Å². The number of hydrogen-bond acceptors (Lipinski definition) is 5. The van der Waals surface area contributed by atoms with Gasteiger partial charge in [-0.2, -0.15) is 0 Å². The zero-order chi connectivity index (χ0) is 15.2. The largest absolute Gasteiger partial charge is 0.392 e. The summed E-state index contributed by atoms with van der Waals surface area (Å²) in [5.74, 6) is 0.576. The molecule has 0 aliphatic carbocycles. The summed E-state index contributed by atoms with van der Waals surface area (Å²) in [6, 6.07) is 9.12. The van der Waals surface area contributed by atoms with Gasteiger partial charge in [0.25, 0.3) is 5.69 Å². The molecule has 1 aromatic heterocycles. The van der Waals surface area contributed by atoms with E-state index in [2.05, 4.69) is 26.2 Å². The van der Waals surface area contributed by atoms with Crippen molar-refractivity contribution < 1.29 is 10.0 Å². The smallest absolute Gasteiger partial charge is 0.288 e. The van der Waals surface area contributed by atoms with E-state index in [9.17, 15) is 10.1 Å². The Morgan fingerprint density at radius 3 is 2.52 bits per heavy atom. The second-order valence-electron chi connectivity index (χ2n) is 4.43. The molecule has 0 amide bonds. The molecule has 1 heterocycles. The highest BCUT2D eigenvalue weighted by Gasteiger charge is 2.10. The average Bonchev–Trinajstić information content (AvgIpc) is 2.49. The molecule has 0 spiro atoms. The third kappa shape index (κ3) is 4.24. The number of halogens is 1. The van der Waals surface area contributed by atoms with Crippen LogP contribution in [-0.2, 0) is 13.0 Å². The fourth-order valence-corrected chi connectivity index (χ4v) is 2.27. The molecule has 0 aliphatic heterocycles. The molecule has 0 fully saturated rings. The summed E-state index contributed by atoms with van der Waals surface area (Å²) in [5, 5.41) is 22.7. The van der Waals surface area contributed by atoms with E-state index in [1.807, 2.05) is 24.3 Å². The maximum atomic E-state index is 10.6. The summed E-state index contributed by atoms with van der Waals surface area (Å²) in [7, 11) is 0. The molecule has 0 aliphatic rings. The lowest BCUT2D eigenvalue weighted by atomic mass is 10.1. The topological polar surface area (TPSA) is 88.3 Å². The Morgan fingerprint density at radius 2 is 1.95 bits per heavy atom. The number of rotatable bonds is 6. The number of nitrogens with one attached hydrogen (secondary N) is 1. The lowest BCUT2D eigenvalue weighted by Gasteiger charge is -2.07. The molecule has 1 aromatic carbocycles. The van der Waals surface area contributed by atoms with Crippen molar-refractivity contribution in [2.75, 3.05) is 11.9 Å². The van der Waals surface area contributed by atoms with Gasteiger partial charge in [0.05, 0.1) is 16.0 Å². The molecule has 2 rings (SSSR count). The molecule has 21 heavy (non-hydrogen) atoms. The normalized spacial score (nSPS) is 10.4. The quantitative estimate of drug-likeness (QED) is 0.617. The molecular formula is C14H14BrN3O3. The van der Waals surface area contributed by atoms with Crippen LogP contribution in [0.1, 0.15) is 11.1 Å². The first-order chi connectivity index (χ1) is 10.1. The molecule has 0 saturated heterocycles. The molecule has 2 aromatic rings. The second-order valence-corrected chi connectivity index (χ2v) is 5.29. The Labute approximate surface area is 130 Å². The van der Waals surface area contributed by atoms with Crippen LogP contribution in [0.15, 0.2) is 41.0 Å². The molecule has 2 N–H and O–H groups in total. The molecular weight excluding hydrogens is 338 g/mol. The highest BCUT2D eigenvalue weighted by Crippen LogP contribution is 2.24. The van der Waals surface area contributed by atoms with Crippen molar-refractivity contribution in [3.05, 3.63) is 62.2 Å². The summed E-state index contributed by atoms with van der Waals surface area (Å²) in [6.45, 7) is 0.695. The first kappa shape index (κ1) is 15.4.